The Morgan fingerprint density at radius 3 is 2.57 bits per heavy atom. The molecule has 0 aliphatic carbocycles. The van der Waals surface area contributed by atoms with E-state index in [0.29, 0.717) is 43.3 Å². The number of hydrogen-bond donors (Lipinski definition) is 1. The maximum atomic E-state index is 12.8. The summed E-state index contributed by atoms with van der Waals surface area (Å²) in [5.41, 5.74) is 1.59. The van der Waals surface area contributed by atoms with Gasteiger partial charge in [-0.15, -0.1) is 11.6 Å². The van der Waals surface area contributed by atoms with Crippen LogP contribution in [0.15, 0.2) is 35.1 Å². The van der Waals surface area contributed by atoms with E-state index in [-0.39, 0.29) is 18.0 Å². The molecule has 7 nitrogen and oxygen atoms in total. The van der Waals surface area contributed by atoms with E-state index in [0.717, 1.165) is 5.56 Å². The van der Waals surface area contributed by atoms with E-state index >= 15 is 0 Å². The number of carbonyl (C=O) groups excluding carboxylic acids is 1. The van der Waals surface area contributed by atoms with Gasteiger partial charge in [0.2, 0.25) is 12.2 Å². The standard InChI is InChI=1S/C20H24ClN3O4/c1-3-27-20(28-4-2)17-22-15-10-11-24(12-14(15)18(25)23-17)19(26)16(21)13-8-6-5-7-9-13/h5-9,16,20H,3-4,10-12H2,1-2H3,(H,22,23,25)/t16-/m1/s1. The Morgan fingerprint density at radius 1 is 1.25 bits per heavy atom. The molecule has 28 heavy (non-hydrogen) atoms. The zero-order valence-corrected chi connectivity index (χ0v) is 16.7. The Balaban J connectivity index is 1.80. The van der Waals surface area contributed by atoms with Crippen molar-refractivity contribution in [2.45, 2.75) is 38.5 Å². The molecular weight excluding hydrogens is 382 g/mol. The molecule has 0 fully saturated rings. The number of aromatic nitrogens is 2. The highest BCUT2D eigenvalue weighted by Gasteiger charge is 2.30. The fraction of sp³-hybridized carbons (Fsp3) is 0.450. The van der Waals surface area contributed by atoms with Gasteiger partial charge in [0.15, 0.2) is 5.82 Å². The van der Waals surface area contributed by atoms with Gasteiger partial charge < -0.3 is 19.4 Å². The van der Waals surface area contributed by atoms with Gasteiger partial charge >= 0.3 is 0 Å². The predicted molar refractivity (Wildman–Crippen MR) is 105 cm³/mol. The van der Waals surface area contributed by atoms with Crippen molar-refractivity contribution in [1.29, 1.82) is 0 Å². The topological polar surface area (TPSA) is 84.5 Å². The highest BCUT2D eigenvalue weighted by atomic mass is 35.5. The van der Waals surface area contributed by atoms with Gasteiger partial charge in [0, 0.05) is 26.2 Å². The molecular formula is C20H24ClN3O4. The van der Waals surface area contributed by atoms with Crippen LogP contribution in [-0.2, 0) is 27.2 Å². The Kier molecular flexibility index (Phi) is 6.83. The molecule has 1 aromatic heterocycles. The van der Waals surface area contributed by atoms with Gasteiger partial charge in [-0.3, -0.25) is 9.59 Å². The van der Waals surface area contributed by atoms with Crippen LogP contribution < -0.4 is 5.56 Å². The second-order valence-electron chi connectivity index (χ2n) is 6.40. The molecule has 1 amide bonds. The molecule has 3 rings (SSSR count). The van der Waals surface area contributed by atoms with Crippen molar-refractivity contribution >= 4 is 17.5 Å². The first-order chi connectivity index (χ1) is 13.5. The summed E-state index contributed by atoms with van der Waals surface area (Å²) in [6.07, 6.45) is -0.237. The molecule has 0 unspecified atom stereocenters. The number of H-pyrrole nitrogens is 1. The maximum Gasteiger partial charge on any atom is 0.256 e. The molecule has 2 aromatic rings. The summed E-state index contributed by atoms with van der Waals surface area (Å²) in [6.45, 7) is 5.20. The molecule has 0 saturated carbocycles. The van der Waals surface area contributed by atoms with Crippen LogP contribution in [-0.4, -0.2) is 40.5 Å². The largest absolute Gasteiger partial charge is 0.346 e. The molecule has 1 aliphatic rings. The molecule has 0 saturated heterocycles. The van der Waals surface area contributed by atoms with Crippen molar-refractivity contribution in [3.8, 4) is 0 Å². The molecule has 1 N–H and O–H groups in total. The number of aromatic amines is 1. The lowest BCUT2D eigenvalue weighted by molar-refractivity contribution is -0.145. The van der Waals surface area contributed by atoms with Gasteiger partial charge in [-0.25, -0.2) is 4.98 Å². The van der Waals surface area contributed by atoms with Crippen LogP contribution in [0.25, 0.3) is 0 Å². The average molecular weight is 406 g/mol. The van der Waals surface area contributed by atoms with E-state index in [1.807, 2.05) is 44.2 Å². The van der Waals surface area contributed by atoms with Crippen LogP contribution in [0.2, 0.25) is 0 Å². The second-order valence-corrected chi connectivity index (χ2v) is 6.84. The van der Waals surface area contributed by atoms with Crippen molar-refractivity contribution in [1.82, 2.24) is 14.9 Å². The summed E-state index contributed by atoms with van der Waals surface area (Å²) < 4.78 is 11.0. The number of alkyl halides is 1. The number of nitrogens with zero attached hydrogens (tertiary/aromatic N) is 2. The van der Waals surface area contributed by atoms with Crippen molar-refractivity contribution < 1.29 is 14.3 Å². The van der Waals surface area contributed by atoms with Crippen LogP contribution in [0.4, 0.5) is 0 Å². The van der Waals surface area contributed by atoms with E-state index in [2.05, 4.69) is 9.97 Å². The molecule has 0 radical (unpaired) electrons. The number of hydrogen-bond acceptors (Lipinski definition) is 5. The highest BCUT2D eigenvalue weighted by molar-refractivity contribution is 6.30. The van der Waals surface area contributed by atoms with Gasteiger partial charge in [0.25, 0.3) is 5.56 Å². The molecule has 8 heteroatoms. The number of ether oxygens (including phenoxy) is 2. The Bertz CT molecular complexity index is 865. The Morgan fingerprint density at radius 2 is 1.93 bits per heavy atom. The summed E-state index contributed by atoms with van der Waals surface area (Å²) in [6, 6.07) is 9.18. The van der Waals surface area contributed by atoms with Gasteiger partial charge in [0.05, 0.1) is 17.8 Å². The van der Waals surface area contributed by atoms with Crippen LogP contribution in [0, 0.1) is 0 Å². The number of benzene rings is 1. The quantitative estimate of drug-likeness (QED) is 0.565. The highest BCUT2D eigenvalue weighted by Crippen LogP contribution is 2.26. The van der Waals surface area contributed by atoms with Crippen molar-refractivity contribution in [2.24, 2.45) is 0 Å². The summed E-state index contributed by atoms with van der Waals surface area (Å²) in [4.78, 5) is 34.3. The number of fused-ring (bicyclic) bond motifs is 1. The summed E-state index contributed by atoms with van der Waals surface area (Å²) >= 11 is 6.37. The summed E-state index contributed by atoms with van der Waals surface area (Å²) in [5.74, 6) is 0.134. The first-order valence-corrected chi connectivity index (χ1v) is 9.81. The lowest BCUT2D eigenvalue weighted by Gasteiger charge is -2.30. The van der Waals surface area contributed by atoms with Crippen molar-refractivity contribution in [2.75, 3.05) is 19.8 Å². The fourth-order valence-corrected chi connectivity index (χ4v) is 3.46. The lowest BCUT2D eigenvalue weighted by atomic mass is 10.0. The van der Waals surface area contributed by atoms with Gasteiger partial charge in [-0.05, 0) is 19.4 Å². The van der Waals surface area contributed by atoms with Gasteiger partial charge in [-0.1, -0.05) is 30.3 Å². The van der Waals surface area contributed by atoms with E-state index in [9.17, 15) is 9.59 Å². The van der Waals surface area contributed by atoms with Crippen LogP contribution >= 0.6 is 11.6 Å². The van der Waals surface area contributed by atoms with E-state index < -0.39 is 11.7 Å². The zero-order valence-electron chi connectivity index (χ0n) is 16.0. The number of nitrogens with one attached hydrogen (secondary N) is 1. The molecule has 1 aliphatic heterocycles. The zero-order chi connectivity index (χ0) is 20.1. The number of carbonyl (C=O) groups is 1. The molecule has 1 aromatic carbocycles. The third kappa shape index (κ3) is 4.43. The minimum Gasteiger partial charge on any atom is -0.346 e. The second kappa shape index (κ2) is 9.32. The third-order valence-electron chi connectivity index (χ3n) is 4.57. The van der Waals surface area contributed by atoms with Crippen LogP contribution in [0.3, 0.4) is 0 Å². The van der Waals surface area contributed by atoms with Crippen LogP contribution in [0.1, 0.15) is 48.2 Å². The number of rotatable bonds is 7. The van der Waals surface area contributed by atoms with Crippen LogP contribution in [0.5, 0.6) is 0 Å². The van der Waals surface area contributed by atoms with E-state index in [1.165, 1.54) is 0 Å². The first kappa shape index (κ1) is 20.5. The number of amides is 1. The summed E-state index contributed by atoms with van der Waals surface area (Å²) in [5, 5.41) is -0.783. The van der Waals surface area contributed by atoms with E-state index in [4.69, 9.17) is 21.1 Å². The third-order valence-corrected chi connectivity index (χ3v) is 5.01. The van der Waals surface area contributed by atoms with Crippen molar-refractivity contribution in [3.05, 3.63) is 63.3 Å². The monoisotopic (exact) mass is 405 g/mol. The predicted octanol–water partition coefficient (Wildman–Crippen LogP) is 2.71. The minimum atomic E-state index is -0.783. The summed E-state index contributed by atoms with van der Waals surface area (Å²) in [7, 11) is 0. The number of halogens is 1. The Labute approximate surface area is 168 Å². The lowest BCUT2D eigenvalue weighted by Crippen LogP contribution is -2.41. The van der Waals surface area contributed by atoms with Gasteiger partial charge in [-0.2, -0.15) is 0 Å². The Hall–Kier alpha value is -2.22. The molecule has 0 bridgehead atoms. The van der Waals surface area contributed by atoms with E-state index in [1.54, 1.807) is 4.90 Å². The normalized spacial score (nSPS) is 14.8. The maximum absolute atomic E-state index is 12.8. The first-order valence-electron chi connectivity index (χ1n) is 9.38. The molecule has 150 valence electrons. The SMILES string of the molecule is CCOC(OCC)c1nc2c(c(=O)[nH]1)CN(C(=O)[C@H](Cl)c1ccccc1)CC2. The average Bonchev–Trinajstić information content (AvgIpc) is 2.73. The van der Waals surface area contributed by atoms with Gasteiger partial charge in [0.1, 0.15) is 5.38 Å². The molecule has 2 heterocycles. The molecule has 0 spiro atoms. The minimum absolute atomic E-state index is 0.181. The fourth-order valence-electron chi connectivity index (χ4n) is 3.18. The smallest absolute Gasteiger partial charge is 0.256 e. The molecule has 1 atom stereocenters. The van der Waals surface area contributed by atoms with Crippen molar-refractivity contribution in [3.63, 3.8) is 0 Å².